The van der Waals surface area contributed by atoms with Crippen molar-refractivity contribution in [3.63, 3.8) is 0 Å². The second-order valence-corrected chi connectivity index (χ2v) is 4.23. The molecule has 1 aromatic rings. The van der Waals surface area contributed by atoms with Gasteiger partial charge >= 0.3 is 6.16 Å². The summed E-state index contributed by atoms with van der Waals surface area (Å²) in [7, 11) is 0. The van der Waals surface area contributed by atoms with E-state index in [4.69, 9.17) is 16.7 Å². The topological polar surface area (TPSA) is 66.8 Å². The van der Waals surface area contributed by atoms with Gasteiger partial charge in [0.25, 0.3) is 0 Å². The largest absolute Gasteiger partial charge is 0.511 e. The molecule has 0 aliphatic heterocycles. The highest BCUT2D eigenvalue weighted by Crippen LogP contribution is 2.43. The number of phenolic OH excluding ortho intramolecular Hbond substituents is 1. The van der Waals surface area contributed by atoms with E-state index in [1.54, 1.807) is 0 Å². The minimum atomic E-state index is -1.49. The lowest BCUT2D eigenvalue weighted by molar-refractivity contribution is 0.143. The number of benzene rings is 1. The molecular weight excluding hydrogens is 256 g/mol. The molecule has 0 spiro atoms. The Hall–Kier alpha value is -1.42. The second kappa shape index (κ2) is 5.96. The molecule has 0 amide bonds. The number of ether oxygens (including phenoxy) is 1. The summed E-state index contributed by atoms with van der Waals surface area (Å²) in [4.78, 5) is 10.6. The van der Waals surface area contributed by atoms with Crippen LogP contribution in [0.25, 0.3) is 0 Å². The molecule has 2 N–H and O–H groups in total. The van der Waals surface area contributed by atoms with E-state index < -0.39 is 6.16 Å². The third-order valence-electron chi connectivity index (χ3n) is 2.94. The van der Waals surface area contributed by atoms with Crippen LogP contribution in [-0.4, -0.2) is 16.4 Å². The molecular formula is C13H17ClO4. The van der Waals surface area contributed by atoms with Gasteiger partial charge in [-0.1, -0.05) is 32.4 Å². The van der Waals surface area contributed by atoms with Crippen LogP contribution in [0.3, 0.4) is 0 Å². The number of carbonyl (C=O) groups is 1. The lowest BCUT2D eigenvalue weighted by Crippen LogP contribution is -2.08. The Bertz CT molecular complexity index is 438. The molecule has 0 bridgehead atoms. The Morgan fingerprint density at radius 2 is 1.61 bits per heavy atom. The van der Waals surface area contributed by atoms with Gasteiger partial charge in [0.05, 0.1) is 5.02 Å². The molecule has 0 unspecified atom stereocenters. The number of halogens is 1. The number of hydrogen-bond acceptors (Lipinski definition) is 3. The van der Waals surface area contributed by atoms with Crippen LogP contribution in [0, 0.1) is 0 Å². The van der Waals surface area contributed by atoms with E-state index in [0.717, 1.165) is 17.5 Å². The molecule has 0 aromatic heterocycles. The molecule has 0 heterocycles. The molecule has 0 atom stereocenters. The van der Waals surface area contributed by atoms with E-state index in [0.29, 0.717) is 18.4 Å². The minimum absolute atomic E-state index is 0.157. The van der Waals surface area contributed by atoms with Gasteiger partial charge in [0.2, 0.25) is 0 Å². The van der Waals surface area contributed by atoms with Crippen molar-refractivity contribution in [1.29, 1.82) is 0 Å². The third-order valence-corrected chi connectivity index (χ3v) is 3.34. The SMILES string of the molecule is CCc1c(O)c(OC(=O)O)c(Cl)c(CC)c1CC. The van der Waals surface area contributed by atoms with Crippen molar-refractivity contribution in [3.8, 4) is 11.5 Å². The molecule has 18 heavy (non-hydrogen) atoms. The minimum Gasteiger partial charge on any atom is -0.504 e. The van der Waals surface area contributed by atoms with E-state index in [1.165, 1.54) is 0 Å². The van der Waals surface area contributed by atoms with Crippen molar-refractivity contribution in [2.75, 3.05) is 0 Å². The van der Waals surface area contributed by atoms with Crippen LogP contribution in [-0.2, 0) is 19.3 Å². The van der Waals surface area contributed by atoms with Crippen LogP contribution in [0.1, 0.15) is 37.5 Å². The molecule has 0 aliphatic rings. The summed E-state index contributed by atoms with van der Waals surface area (Å²) >= 11 is 6.12. The Morgan fingerprint density at radius 1 is 1.11 bits per heavy atom. The molecule has 1 rings (SSSR count). The molecule has 100 valence electrons. The van der Waals surface area contributed by atoms with E-state index in [1.807, 2.05) is 20.8 Å². The maximum atomic E-state index is 10.6. The second-order valence-electron chi connectivity index (χ2n) is 3.86. The summed E-state index contributed by atoms with van der Waals surface area (Å²) in [6.45, 7) is 5.80. The molecule has 5 heteroatoms. The summed E-state index contributed by atoms with van der Waals surface area (Å²) in [5.74, 6) is -0.325. The van der Waals surface area contributed by atoms with Crippen molar-refractivity contribution in [2.24, 2.45) is 0 Å². The highest BCUT2D eigenvalue weighted by Gasteiger charge is 2.22. The Balaban J connectivity index is 3.58. The van der Waals surface area contributed by atoms with Gasteiger partial charge in [0.15, 0.2) is 11.5 Å². The lowest BCUT2D eigenvalue weighted by atomic mass is 9.94. The monoisotopic (exact) mass is 272 g/mol. The zero-order valence-electron chi connectivity index (χ0n) is 10.7. The van der Waals surface area contributed by atoms with Crippen LogP contribution < -0.4 is 4.74 Å². The van der Waals surface area contributed by atoms with E-state index in [-0.39, 0.29) is 16.5 Å². The average molecular weight is 273 g/mol. The van der Waals surface area contributed by atoms with Gasteiger partial charge < -0.3 is 14.9 Å². The summed E-state index contributed by atoms with van der Waals surface area (Å²) in [6.07, 6.45) is 0.494. The number of carboxylic acid groups (broad SMARTS) is 1. The van der Waals surface area contributed by atoms with E-state index in [2.05, 4.69) is 4.74 Å². The van der Waals surface area contributed by atoms with Gasteiger partial charge in [-0.25, -0.2) is 4.79 Å². The molecule has 1 aromatic carbocycles. The Morgan fingerprint density at radius 3 is 2.00 bits per heavy atom. The predicted octanol–water partition coefficient (Wildman–Crippen LogP) is 3.79. The Kier molecular flexibility index (Phi) is 4.84. The summed E-state index contributed by atoms with van der Waals surface area (Å²) in [6, 6.07) is 0. The molecule has 4 nitrogen and oxygen atoms in total. The maximum absolute atomic E-state index is 10.6. The number of aromatic hydroxyl groups is 1. The van der Waals surface area contributed by atoms with Crippen LogP contribution in [0.4, 0.5) is 4.79 Å². The van der Waals surface area contributed by atoms with Gasteiger partial charge in [-0.3, -0.25) is 0 Å². The summed E-state index contributed by atoms with van der Waals surface area (Å²) < 4.78 is 4.59. The third kappa shape index (κ3) is 2.53. The van der Waals surface area contributed by atoms with Crippen molar-refractivity contribution in [3.05, 3.63) is 21.7 Å². The fourth-order valence-electron chi connectivity index (χ4n) is 2.19. The quantitative estimate of drug-likeness (QED) is 0.646. The highest BCUT2D eigenvalue weighted by atomic mass is 35.5. The molecule has 0 saturated carbocycles. The molecule has 0 radical (unpaired) electrons. The van der Waals surface area contributed by atoms with Gasteiger partial charge in [-0.15, -0.1) is 0 Å². The zero-order chi connectivity index (χ0) is 13.9. The first-order chi connectivity index (χ1) is 8.47. The number of hydrogen-bond donors (Lipinski definition) is 2. The van der Waals surface area contributed by atoms with Crippen molar-refractivity contribution in [1.82, 2.24) is 0 Å². The molecule has 0 saturated heterocycles. The van der Waals surface area contributed by atoms with Gasteiger partial charge in [0, 0.05) is 5.56 Å². The zero-order valence-corrected chi connectivity index (χ0v) is 11.5. The van der Waals surface area contributed by atoms with Crippen molar-refractivity contribution >= 4 is 17.8 Å². The van der Waals surface area contributed by atoms with Gasteiger partial charge in [-0.2, -0.15) is 0 Å². The Labute approximate surface area is 111 Å². The molecule has 0 fully saturated rings. The number of rotatable bonds is 4. The van der Waals surface area contributed by atoms with E-state index >= 15 is 0 Å². The first kappa shape index (κ1) is 14.6. The van der Waals surface area contributed by atoms with Crippen LogP contribution >= 0.6 is 11.6 Å². The van der Waals surface area contributed by atoms with Crippen LogP contribution in [0.15, 0.2) is 0 Å². The lowest BCUT2D eigenvalue weighted by Gasteiger charge is -2.18. The average Bonchev–Trinajstić information content (AvgIpc) is 2.33. The maximum Gasteiger partial charge on any atom is 0.511 e. The van der Waals surface area contributed by atoms with Crippen molar-refractivity contribution < 1.29 is 19.7 Å². The van der Waals surface area contributed by atoms with Crippen molar-refractivity contribution in [2.45, 2.75) is 40.0 Å². The van der Waals surface area contributed by atoms with Gasteiger partial charge in [-0.05, 0) is 30.4 Å². The smallest absolute Gasteiger partial charge is 0.504 e. The first-order valence-electron chi connectivity index (χ1n) is 5.93. The summed E-state index contributed by atoms with van der Waals surface area (Å²) in [5, 5.41) is 18.9. The van der Waals surface area contributed by atoms with Gasteiger partial charge in [0.1, 0.15) is 0 Å². The first-order valence-corrected chi connectivity index (χ1v) is 6.31. The summed E-state index contributed by atoms with van der Waals surface area (Å²) in [5.41, 5.74) is 2.51. The highest BCUT2D eigenvalue weighted by molar-refractivity contribution is 6.33. The number of phenols is 1. The van der Waals surface area contributed by atoms with Crippen LogP contribution in [0.2, 0.25) is 5.02 Å². The standard InChI is InChI=1S/C13H17ClO4/c1-4-7-8(5-2)10(14)12(18-13(16)17)11(15)9(7)6-3/h15H,4-6H2,1-3H3,(H,16,17). The normalized spacial score (nSPS) is 10.4. The fraction of sp³-hybridized carbons (Fsp3) is 0.462. The predicted molar refractivity (Wildman–Crippen MR) is 69.9 cm³/mol. The fourth-order valence-corrected chi connectivity index (χ4v) is 2.57. The van der Waals surface area contributed by atoms with E-state index in [9.17, 15) is 9.90 Å². The van der Waals surface area contributed by atoms with Crippen LogP contribution in [0.5, 0.6) is 11.5 Å². The molecule has 0 aliphatic carbocycles.